The van der Waals surface area contributed by atoms with Crippen LogP contribution in [0.15, 0.2) is 53.7 Å². The van der Waals surface area contributed by atoms with E-state index < -0.39 is 0 Å². The predicted molar refractivity (Wildman–Crippen MR) is 134 cm³/mol. The maximum absolute atomic E-state index is 13.5. The second kappa shape index (κ2) is 9.79. The third-order valence-corrected chi connectivity index (χ3v) is 6.63. The molecule has 0 aliphatic carbocycles. The van der Waals surface area contributed by atoms with Crippen molar-refractivity contribution in [3.8, 4) is 0 Å². The van der Waals surface area contributed by atoms with Gasteiger partial charge >= 0.3 is 0 Å². The number of rotatable bonds is 6. The first-order valence-corrected chi connectivity index (χ1v) is 12.0. The molecule has 5 heterocycles. The molecule has 4 aromatic rings. The number of aromatic nitrogens is 4. The van der Waals surface area contributed by atoms with Crippen molar-refractivity contribution in [3.05, 3.63) is 81.5 Å². The second-order valence-corrected chi connectivity index (χ2v) is 9.05. The summed E-state index contributed by atoms with van der Waals surface area (Å²) >= 11 is 0. The molecule has 5 rings (SSSR count). The van der Waals surface area contributed by atoms with E-state index in [0.717, 1.165) is 30.8 Å². The van der Waals surface area contributed by atoms with Gasteiger partial charge in [-0.1, -0.05) is 12.5 Å². The number of piperidine rings is 1. The average Bonchev–Trinajstić information content (AvgIpc) is 2.88. The van der Waals surface area contributed by atoms with E-state index >= 15 is 0 Å². The van der Waals surface area contributed by atoms with Gasteiger partial charge in [0.1, 0.15) is 16.8 Å². The largest absolute Gasteiger partial charge is 0.351 e. The molecule has 0 spiro atoms. The van der Waals surface area contributed by atoms with Gasteiger partial charge in [0.2, 0.25) is 0 Å². The average molecular weight is 472 g/mol. The van der Waals surface area contributed by atoms with Gasteiger partial charge in [-0.3, -0.25) is 24.4 Å². The Hall–Kier alpha value is -3.85. The van der Waals surface area contributed by atoms with Gasteiger partial charge in [0.25, 0.3) is 11.5 Å². The quantitative estimate of drug-likeness (QED) is 0.419. The first kappa shape index (κ1) is 22.9. The molecule has 2 N–H and O–H groups in total. The lowest BCUT2D eigenvalue weighted by molar-refractivity contribution is 0.0944. The van der Waals surface area contributed by atoms with E-state index in [0.29, 0.717) is 29.8 Å². The molecule has 0 atom stereocenters. The zero-order chi connectivity index (χ0) is 24.4. The molecule has 1 aliphatic rings. The van der Waals surface area contributed by atoms with Gasteiger partial charge in [-0.2, -0.15) is 0 Å². The van der Waals surface area contributed by atoms with E-state index in [-0.39, 0.29) is 22.5 Å². The van der Waals surface area contributed by atoms with Crippen LogP contribution < -0.4 is 16.4 Å². The Morgan fingerprint density at radius 1 is 1.11 bits per heavy atom. The SMILES string of the molecule is Cc1cccn2c(=O)c3cc(C(=O)NCCN4CCCCC4)c(=N)n(Cc4ccncc4)c3nc12. The van der Waals surface area contributed by atoms with Gasteiger partial charge in [-0.25, -0.2) is 4.98 Å². The fraction of sp³-hybridized carbons (Fsp3) is 0.346. The maximum Gasteiger partial charge on any atom is 0.267 e. The molecule has 1 saturated heterocycles. The number of hydrogen-bond donors (Lipinski definition) is 2. The first-order valence-electron chi connectivity index (χ1n) is 12.0. The summed E-state index contributed by atoms with van der Waals surface area (Å²) in [5.74, 6) is -0.355. The molecule has 35 heavy (non-hydrogen) atoms. The standard InChI is InChI=1S/C26H29N7O2/c1-18-6-5-14-32-23(18)30-24-21(26(32)35)16-20(22(27)33(24)17-19-7-9-28-10-8-19)25(34)29-11-15-31-12-3-2-4-13-31/h5-10,14,16,27H,2-4,11-13,15,17H2,1H3,(H,29,34). The molecule has 1 aliphatic heterocycles. The first-order chi connectivity index (χ1) is 17.0. The molecule has 0 bridgehead atoms. The van der Waals surface area contributed by atoms with Gasteiger partial charge in [0, 0.05) is 31.7 Å². The summed E-state index contributed by atoms with van der Waals surface area (Å²) in [5, 5.41) is 12.2. The molecule has 0 radical (unpaired) electrons. The number of amides is 1. The molecular formula is C26H29N7O2. The summed E-state index contributed by atoms with van der Waals surface area (Å²) in [6.45, 7) is 5.56. The minimum Gasteiger partial charge on any atom is -0.351 e. The van der Waals surface area contributed by atoms with Crippen molar-refractivity contribution < 1.29 is 4.79 Å². The molecule has 0 aromatic carbocycles. The summed E-state index contributed by atoms with van der Waals surface area (Å²) in [7, 11) is 0. The molecule has 0 unspecified atom stereocenters. The fourth-order valence-electron chi connectivity index (χ4n) is 4.70. The van der Waals surface area contributed by atoms with Crippen molar-refractivity contribution in [2.45, 2.75) is 32.7 Å². The smallest absolute Gasteiger partial charge is 0.267 e. The predicted octanol–water partition coefficient (Wildman–Crippen LogP) is 2.10. The van der Waals surface area contributed by atoms with Crippen LogP contribution >= 0.6 is 0 Å². The number of nitrogens with one attached hydrogen (secondary N) is 2. The zero-order valence-electron chi connectivity index (χ0n) is 19.8. The summed E-state index contributed by atoms with van der Waals surface area (Å²) < 4.78 is 3.13. The van der Waals surface area contributed by atoms with Gasteiger partial charge in [-0.05, 0) is 68.2 Å². The van der Waals surface area contributed by atoms with Gasteiger partial charge in [-0.15, -0.1) is 0 Å². The van der Waals surface area contributed by atoms with Crippen LogP contribution in [0.5, 0.6) is 0 Å². The number of fused-ring (bicyclic) bond motifs is 2. The van der Waals surface area contributed by atoms with Gasteiger partial charge in [0.15, 0.2) is 0 Å². The fourth-order valence-corrected chi connectivity index (χ4v) is 4.70. The Morgan fingerprint density at radius 3 is 2.66 bits per heavy atom. The van der Waals surface area contributed by atoms with Crippen LogP contribution in [-0.4, -0.2) is 55.9 Å². The van der Waals surface area contributed by atoms with Crippen molar-refractivity contribution in [3.63, 3.8) is 0 Å². The molecule has 1 amide bonds. The Kier molecular flexibility index (Phi) is 6.41. The maximum atomic E-state index is 13.5. The van der Waals surface area contributed by atoms with Crippen LogP contribution in [0.25, 0.3) is 16.7 Å². The summed E-state index contributed by atoms with van der Waals surface area (Å²) in [5.41, 5.74) is 2.59. The van der Waals surface area contributed by atoms with E-state index in [1.54, 1.807) is 29.2 Å². The highest BCUT2D eigenvalue weighted by Crippen LogP contribution is 2.14. The molecule has 9 nitrogen and oxygen atoms in total. The number of carbonyl (C=O) groups excluding carboxylic acids is 1. The lowest BCUT2D eigenvalue weighted by atomic mass is 10.1. The topological polar surface area (TPSA) is 108 Å². The van der Waals surface area contributed by atoms with Crippen molar-refractivity contribution in [1.82, 2.24) is 29.2 Å². The van der Waals surface area contributed by atoms with E-state index in [9.17, 15) is 9.59 Å². The van der Waals surface area contributed by atoms with E-state index in [2.05, 4.69) is 15.2 Å². The highest BCUT2D eigenvalue weighted by Gasteiger charge is 2.19. The van der Waals surface area contributed by atoms with Crippen LogP contribution in [0, 0.1) is 12.3 Å². The number of likely N-dealkylation sites (tertiary alicyclic amines) is 1. The van der Waals surface area contributed by atoms with E-state index in [1.807, 2.05) is 25.1 Å². The Bertz CT molecular complexity index is 1500. The Labute approximate surface area is 202 Å². The van der Waals surface area contributed by atoms with Crippen LogP contribution in [0.1, 0.15) is 40.7 Å². The van der Waals surface area contributed by atoms with Crippen molar-refractivity contribution in [2.24, 2.45) is 0 Å². The molecule has 0 saturated carbocycles. The minimum absolute atomic E-state index is 0.0228. The zero-order valence-corrected chi connectivity index (χ0v) is 19.8. The number of nitrogens with zero attached hydrogens (tertiary/aromatic N) is 5. The van der Waals surface area contributed by atoms with Gasteiger partial charge in [0.05, 0.1) is 17.5 Å². The third kappa shape index (κ3) is 4.59. The number of pyridine rings is 3. The Balaban J connectivity index is 1.58. The highest BCUT2D eigenvalue weighted by atomic mass is 16.1. The molecule has 9 heteroatoms. The van der Waals surface area contributed by atoms with Gasteiger partial charge < -0.3 is 14.8 Å². The van der Waals surface area contributed by atoms with Crippen molar-refractivity contribution in [1.29, 1.82) is 5.41 Å². The van der Waals surface area contributed by atoms with Crippen LogP contribution in [-0.2, 0) is 6.54 Å². The van der Waals surface area contributed by atoms with Crippen LogP contribution in [0.2, 0.25) is 0 Å². The van der Waals surface area contributed by atoms with Crippen LogP contribution in [0.3, 0.4) is 0 Å². The van der Waals surface area contributed by atoms with Crippen LogP contribution in [0.4, 0.5) is 0 Å². The number of hydrogen-bond acceptors (Lipinski definition) is 6. The Morgan fingerprint density at radius 2 is 1.89 bits per heavy atom. The lowest BCUT2D eigenvalue weighted by Gasteiger charge is -2.26. The molecule has 180 valence electrons. The third-order valence-electron chi connectivity index (χ3n) is 6.63. The summed E-state index contributed by atoms with van der Waals surface area (Å²) in [6.07, 6.45) is 8.68. The number of carbonyl (C=O) groups is 1. The lowest BCUT2D eigenvalue weighted by Crippen LogP contribution is -2.40. The normalized spacial score (nSPS) is 14.4. The molecular weight excluding hydrogens is 442 g/mol. The summed E-state index contributed by atoms with van der Waals surface area (Å²) in [4.78, 5) is 37.8. The molecule has 4 aromatic heterocycles. The second-order valence-electron chi connectivity index (χ2n) is 9.05. The van der Waals surface area contributed by atoms with E-state index in [1.165, 1.54) is 29.7 Å². The van der Waals surface area contributed by atoms with Crippen molar-refractivity contribution >= 4 is 22.6 Å². The summed E-state index contributed by atoms with van der Waals surface area (Å²) in [6, 6.07) is 8.91. The monoisotopic (exact) mass is 471 g/mol. The molecule has 1 fully saturated rings. The minimum atomic E-state index is -0.355. The number of aryl methyl sites for hydroxylation is 1. The van der Waals surface area contributed by atoms with Crippen molar-refractivity contribution in [2.75, 3.05) is 26.2 Å². The van der Waals surface area contributed by atoms with E-state index in [4.69, 9.17) is 10.4 Å². The highest BCUT2D eigenvalue weighted by molar-refractivity contribution is 5.96.